The summed E-state index contributed by atoms with van der Waals surface area (Å²) in [5.74, 6) is 0. The average molecular weight is 331 g/mol. The number of H-pyrrole nitrogens is 1. The molecule has 21 heavy (non-hydrogen) atoms. The lowest BCUT2D eigenvalue weighted by atomic mass is 10.2. The minimum atomic E-state index is -4.00. The Balaban J connectivity index is 2.35. The molecule has 1 unspecified atom stereocenters. The first-order valence-corrected chi connectivity index (χ1v) is 7.62. The van der Waals surface area contributed by atoms with Crippen LogP contribution in [0.5, 0.6) is 0 Å². The van der Waals surface area contributed by atoms with Gasteiger partial charge in [-0.25, -0.2) is 13.1 Å². The molecule has 0 radical (unpaired) electrons. The number of nitro groups is 1. The molecule has 0 aliphatic rings. The number of rotatable bonds is 5. The van der Waals surface area contributed by atoms with E-state index in [2.05, 4.69) is 14.9 Å². The molecule has 8 nitrogen and oxygen atoms in total. The van der Waals surface area contributed by atoms with Crippen LogP contribution in [0.3, 0.4) is 0 Å². The van der Waals surface area contributed by atoms with Crippen LogP contribution >= 0.6 is 11.6 Å². The Morgan fingerprint density at radius 1 is 1.48 bits per heavy atom. The lowest BCUT2D eigenvalue weighted by molar-refractivity contribution is -0.385. The molecule has 2 rings (SSSR count). The highest BCUT2D eigenvalue weighted by molar-refractivity contribution is 7.89. The molecule has 0 aliphatic carbocycles. The van der Waals surface area contributed by atoms with Gasteiger partial charge in [-0.1, -0.05) is 11.6 Å². The second-order valence-electron chi connectivity index (χ2n) is 4.25. The van der Waals surface area contributed by atoms with Crippen molar-refractivity contribution in [1.29, 1.82) is 0 Å². The number of benzene rings is 1. The fraction of sp³-hybridized carbons (Fsp3) is 0.182. The van der Waals surface area contributed by atoms with Crippen LogP contribution in [0.2, 0.25) is 5.02 Å². The molecule has 0 saturated carbocycles. The third-order valence-electron chi connectivity index (χ3n) is 2.77. The molecule has 112 valence electrons. The number of hydrogen-bond acceptors (Lipinski definition) is 5. The van der Waals surface area contributed by atoms with Gasteiger partial charge in [-0.05, 0) is 13.0 Å². The summed E-state index contributed by atoms with van der Waals surface area (Å²) in [5, 5.41) is 16.9. The maximum atomic E-state index is 12.3. The van der Waals surface area contributed by atoms with Gasteiger partial charge in [-0.15, -0.1) is 0 Å². The van der Waals surface area contributed by atoms with E-state index in [1.165, 1.54) is 12.3 Å². The van der Waals surface area contributed by atoms with Gasteiger partial charge in [0.25, 0.3) is 5.69 Å². The van der Waals surface area contributed by atoms with Gasteiger partial charge >= 0.3 is 0 Å². The topological polar surface area (TPSA) is 118 Å². The SMILES string of the molecule is CC(NS(=O)(=O)c1cc([N+](=O)[O-])ccc1Cl)c1cn[nH]c1. The quantitative estimate of drug-likeness (QED) is 0.642. The molecule has 10 heteroatoms. The monoisotopic (exact) mass is 330 g/mol. The molecule has 1 heterocycles. The molecular formula is C11H11ClN4O4S. The molecule has 1 aromatic heterocycles. The van der Waals surface area contributed by atoms with Gasteiger partial charge in [0, 0.05) is 29.9 Å². The molecule has 0 bridgehead atoms. The average Bonchev–Trinajstić information content (AvgIpc) is 2.92. The predicted octanol–water partition coefficient (Wildman–Crippen LogP) is 2.01. The normalized spacial score (nSPS) is 13.0. The number of non-ortho nitro benzene ring substituents is 1. The van der Waals surface area contributed by atoms with Gasteiger partial charge < -0.3 is 0 Å². The van der Waals surface area contributed by atoms with Gasteiger partial charge in [0.1, 0.15) is 4.90 Å². The van der Waals surface area contributed by atoms with Crippen molar-refractivity contribution in [2.75, 3.05) is 0 Å². The maximum absolute atomic E-state index is 12.3. The molecule has 1 atom stereocenters. The van der Waals surface area contributed by atoms with Crippen LogP contribution in [0.4, 0.5) is 5.69 Å². The fourth-order valence-electron chi connectivity index (χ4n) is 1.67. The van der Waals surface area contributed by atoms with E-state index in [1.54, 1.807) is 13.1 Å². The van der Waals surface area contributed by atoms with Crippen molar-refractivity contribution >= 4 is 27.3 Å². The Labute approximate surface area is 125 Å². The fourth-order valence-corrected chi connectivity index (χ4v) is 3.42. The first-order valence-electron chi connectivity index (χ1n) is 5.76. The summed E-state index contributed by atoms with van der Waals surface area (Å²) in [4.78, 5) is 9.71. The van der Waals surface area contributed by atoms with Crippen LogP contribution in [0.15, 0.2) is 35.5 Å². The summed E-state index contributed by atoms with van der Waals surface area (Å²) in [6.45, 7) is 1.62. The molecule has 0 fully saturated rings. The van der Waals surface area contributed by atoms with Crippen LogP contribution in [0.25, 0.3) is 0 Å². The molecule has 2 N–H and O–H groups in total. The number of nitro benzene ring substituents is 1. The summed E-state index contributed by atoms with van der Waals surface area (Å²) in [6, 6.07) is 2.67. The smallest absolute Gasteiger partial charge is 0.270 e. The van der Waals surface area contributed by atoms with Crippen molar-refractivity contribution in [3.8, 4) is 0 Å². The van der Waals surface area contributed by atoms with Crippen LogP contribution in [-0.4, -0.2) is 23.5 Å². The summed E-state index contributed by atoms with van der Waals surface area (Å²) >= 11 is 5.83. The molecule has 0 saturated heterocycles. The molecule has 0 aliphatic heterocycles. The lowest BCUT2D eigenvalue weighted by Crippen LogP contribution is -2.27. The van der Waals surface area contributed by atoms with Gasteiger partial charge in [0.2, 0.25) is 10.0 Å². The minimum Gasteiger partial charge on any atom is -0.285 e. The molecule has 1 aromatic carbocycles. The van der Waals surface area contributed by atoms with E-state index in [4.69, 9.17) is 11.6 Å². The summed E-state index contributed by atoms with van der Waals surface area (Å²) in [5.41, 5.74) is 0.274. The van der Waals surface area contributed by atoms with E-state index in [-0.39, 0.29) is 15.6 Å². The maximum Gasteiger partial charge on any atom is 0.270 e. The van der Waals surface area contributed by atoms with E-state index in [1.807, 2.05) is 0 Å². The number of sulfonamides is 1. The Morgan fingerprint density at radius 2 is 2.19 bits per heavy atom. The first kappa shape index (κ1) is 15.4. The van der Waals surface area contributed by atoms with E-state index in [9.17, 15) is 18.5 Å². The Morgan fingerprint density at radius 3 is 2.76 bits per heavy atom. The first-order chi connectivity index (χ1) is 9.81. The number of halogens is 1. The van der Waals surface area contributed by atoms with Gasteiger partial charge in [-0.3, -0.25) is 15.2 Å². The predicted molar refractivity (Wildman–Crippen MR) is 75.4 cm³/mol. The van der Waals surface area contributed by atoms with Crippen molar-refractivity contribution in [1.82, 2.24) is 14.9 Å². The number of aromatic nitrogens is 2. The van der Waals surface area contributed by atoms with Crippen LogP contribution in [-0.2, 0) is 10.0 Å². The third kappa shape index (κ3) is 3.38. The Hall–Kier alpha value is -1.97. The van der Waals surface area contributed by atoms with Crippen molar-refractivity contribution < 1.29 is 13.3 Å². The highest BCUT2D eigenvalue weighted by Gasteiger charge is 2.24. The number of nitrogens with zero attached hydrogens (tertiary/aromatic N) is 2. The third-order valence-corrected chi connectivity index (χ3v) is 4.79. The van der Waals surface area contributed by atoms with Crippen LogP contribution in [0.1, 0.15) is 18.5 Å². The number of hydrogen-bond donors (Lipinski definition) is 2. The zero-order valence-electron chi connectivity index (χ0n) is 10.8. The lowest BCUT2D eigenvalue weighted by Gasteiger charge is -2.13. The van der Waals surface area contributed by atoms with E-state index < -0.39 is 21.0 Å². The molecule has 0 amide bonds. The molecule has 2 aromatic rings. The largest absolute Gasteiger partial charge is 0.285 e. The highest BCUT2D eigenvalue weighted by Crippen LogP contribution is 2.27. The Bertz CT molecular complexity index is 761. The van der Waals surface area contributed by atoms with Gasteiger partial charge in [-0.2, -0.15) is 5.10 Å². The van der Waals surface area contributed by atoms with Crippen molar-refractivity contribution in [2.45, 2.75) is 17.9 Å². The summed E-state index contributed by atoms with van der Waals surface area (Å²) < 4.78 is 27.0. The zero-order chi connectivity index (χ0) is 15.6. The zero-order valence-corrected chi connectivity index (χ0v) is 12.4. The number of aromatic amines is 1. The Kier molecular flexibility index (Phi) is 4.26. The number of nitrogens with one attached hydrogen (secondary N) is 2. The van der Waals surface area contributed by atoms with Gasteiger partial charge in [0.05, 0.1) is 16.1 Å². The molecule has 0 spiro atoms. The highest BCUT2D eigenvalue weighted by atomic mass is 35.5. The van der Waals surface area contributed by atoms with E-state index >= 15 is 0 Å². The standard InChI is InChI=1S/C11H11ClN4O4S/c1-7(8-5-13-14-6-8)15-21(19,20)11-4-9(16(17)18)2-3-10(11)12/h2-7,15H,1H3,(H,13,14). The van der Waals surface area contributed by atoms with Crippen molar-refractivity contribution in [2.24, 2.45) is 0 Å². The van der Waals surface area contributed by atoms with E-state index in [0.717, 1.165) is 12.1 Å². The summed E-state index contributed by atoms with van der Waals surface area (Å²) in [7, 11) is -4.00. The van der Waals surface area contributed by atoms with Crippen molar-refractivity contribution in [3.05, 3.63) is 51.3 Å². The van der Waals surface area contributed by atoms with Crippen LogP contribution in [0, 0.1) is 10.1 Å². The van der Waals surface area contributed by atoms with E-state index in [0.29, 0.717) is 5.56 Å². The summed E-state index contributed by atoms with van der Waals surface area (Å²) in [6.07, 6.45) is 3.02. The minimum absolute atomic E-state index is 0.0903. The second kappa shape index (κ2) is 5.80. The van der Waals surface area contributed by atoms with Crippen LogP contribution < -0.4 is 4.72 Å². The van der Waals surface area contributed by atoms with Gasteiger partial charge in [0.15, 0.2) is 0 Å². The molecular weight excluding hydrogens is 320 g/mol. The second-order valence-corrected chi connectivity index (χ2v) is 6.34. The van der Waals surface area contributed by atoms with Crippen molar-refractivity contribution in [3.63, 3.8) is 0 Å².